The standard InChI is InChI=1S/C13H19FN2O/c1-10-8-15-5-6-16(9-10)12-4-3-11(14)7-13(12)17-2/h3-4,7,10,15H,5-6,8-9H2,1-2H3. The number of anilines is 1. The van der Waals surface area contributed by atoms with E-state index >= 15 is 0 Å². The molecule has 1 aliphatic rings. The van der Waals surface area contributed by atoms with Crippen molar-refractivity contribution in [1.29, 1.82) is 0 Å². The van der Waals surface area contributed by atoms with Crippen LogP contribution in [0.3, 0.4) is 0 Å². The van der Waals surface area contributed by atoms with Gasteiger partial charge in [0.25, 0.3) is 0 Å². The van der Waals surface area contributed by atoms with Crippen LogP contribution in [0.1, 0.15) is 6.92 Å². The molecule has 0 radical (unpaired) electrons. The number of methoxy groups -OCH3 is 1. The molecule has 1 unspecified atom stereocenters. The predicted molar refractivity (Wildman–Crippen MR) is 67.2 cm³/mol. The maximum absolute atomic E-state index is 13.1. The largest absolute Gasteiger partial charge is 0.494 e. The first-order valence-corrected chi connectivity index (χ1v) is 6.00. The van der Waals surface area contributed by atoms with E-state index in [0.717, 1.165) is 31.9 Å². The first kappa shape index (κ1) is 12.2. The van der Waals surface area contributed by atoms with E-state index in [4.69, 9.17) is 4.74 Å². The average molecular weight is 238 g/mol. The third-order valence-electron chi connectivity index (χ3n) is 3.07. The fourth-order valence-corrected chi connectivity index (χ4v) is 2.23. The van der Waals surface area contributed by atoms with Crippen LogP contribution in [0.15, 0.2) is 18.2 Å². The van der Waals surface area contributed by atoms with E-state index < -0.39 is 0 Å². The third kappa shape index (κ3) is 2.88. The lowest BCUT2D eigenvalue weighted by atomic mass is 10.1. The molecule has 1 aliphatic heterocycles. The molecule has 1 N–H and O–H groups in total. The number of nitrogens with one attached hydrogen (secondary N) is 1. The summed E-state index contributed by atoms with van der Waals surface area (Å²) in [6.45, 7) is 6.08. The fourth-order valence-electron chi connectivity index (χ4n) is 2.23. The molecule has 1 atom stereocenters. The van der Waals surface area contributed by atoms with Gasteiger partial charge in [-0.15, -0.1) is 0 Å². The van der Waals surface area contributed by atoms with Crippen molar-refractivity contribution < 1.29 is 9.13 Å². The number of halogens is 1. The first-order chi connectivity index (χ1) is 8.20. The van der Waals surface area contributed by atoms with Crippen molar-refractivity contribution in [2.45, 2.75) is 6.92 Å². The van der Waals surface area contributed by atoms with Gasteiger partial charge in [-0.25, -0.2) is 4.39 Å². The van der Waals surface area contributed by atoms with Gasteiger partial charge in [0, 0.05) is 25.7 Å². The molecular formula is C13H19FN2O. The molecule has 1 fully saturated rings. The molecule has 0 amide bonds. The van der Waals surface area contributed by atoms with Gasteiger partial charge in [0.05, 0.1) is 12.8 Å². The second-order valence-electron chi connectivity index (χ2n) is 4.57. The summed E-state index contributed by atoms with van der Waals surface area (Å²) < 4.78 is 18.4. The third-order valence-corrected chi connectivity index (χ3v) is 3.07. The van der Waals surface area contributed by atoms with Gasteiger partial charge in [-0.05, 0) is 24.6 Å². The zero-order valence-corrected chi connectivity index (χ0v) is 10.4. The van der Waals surface area contributed by atoms with Crippen molar-refractivity contribution in [2.24, 2.45) is 5.92 Å². The summed E-state index contributed by atoms with van der Waals surface area (Å²) in [5, 5.41) is 3.39. The second-order valence-corrected chi connectivity index (χ2v) is 4.57. The molecule has 0 aliphatic carbocycles. The molecule has 4 heteroatoms. The van der Waals surface area contributed by atoms with E-state index in [-0.39, 0.29) is 5.82 Å². The maximum atomic E-state index is 13.1. The molecule has 3 nitrogen and oxygen atoms in total. The summed E-state index contributed by atoms with van der Waals surface area (Å²) in [5.41, 5.74) is 0.976. The highest BCUT2D eigenvalue weighted by atomic mass is 19.1. The van der Waals surface area contributed by atoms with E-state index in [1.165, 1.54) is 12.1 Å². The van der Waals surface area contributed by atoms with Gasteiger partial charge in [-0.2, -0.15) is 0 Å². The van der Waals surface area contributed by atoms with Crippen molar-refractivity contribution >= 4 is 5.69 Å². The SMILES string of the molecule is COc1cc(F)ccc1N1CCNCC(C)C1. The molecule has 1 aromatic rings. The van der Waals surface area contributed by atoms with Crippen molar-refractivity contribution in [1.82, 2.24) is 5.32 Å². The Balaban J connectivity index is 2.25. The molecule has 1 saturated heterocycles. The van der Waals surface area contributed by atoms with Crippen molar-refractivity contribution in [3.63, 3.8) is 0 Å². The Morgan fingerprint density at radius 1 is 1.47 bits per heavy atom. The van der Waals surface area contributed by atoms with Gasteiger partial charge in [0.1, 0.15) is 11.6 Å². The Morgan fingerprint density at radius 3 is 3.06 bits per heavy atom. The van der Waals surface area contributed by atoms with Crippen molar-refractivity contribution in [3.05, 3.63) is 24.0 Å². The monoisotopic (exact) mass is 238 g/mol. The number of hydrogen-bond donors (Lipinski definition) is 1. The van der Waals surface area contributed by atoms with E-state index in [1.54, 1.807) is 13.2 Å². The number of ether oxygens (including phenoxy) is 1. The van der Waals surface area contributed by atoms with Crippen LogP contribution in [0.4, 0.5) is 10.1 Å². The zero-order chi connectivity index (χ0) is 12.3. The molecular weight excluding hydrogens is 219 g/mol. The summed E-state index contributed by atoms with van der Waals surface area (Å²) in [7, 11) is 1.58. The topological polar surface area (TPSA) is 24.5 Å². The Bertz CT molecular complexity index is 384. The van der Waals surface area contributed by atoms with E-state index in [0.29, 0.717) is 11.7 Å². The summed E-state index contributed by atoms with van der Waals surface area (Å²) >= 11 is 0. The highest BCUT2D eigenvalue weighted by molar-refractivity contribution is 5.58. The lowest BCUT2D eigenvalue weighted by molar-refractivity contribution is 0.410. The van der Waals surface area contributed by atoms with Gasteiger partial charge in [-0.3, -0.25) is 0 Å². The van der Waals surface area contributed by atoms with Crippen molar-refractivity contribution in [2.75, 3.05) is 38.2 Å². The lowest BCUT2D eigenvalue weighted by Crippen LogP contribution is -2.29. The fraction of sp³-hybridized carbons (Fsp3) is 0.538. The molecule has 1 heterocycles. The highest BCUT2D eigenvalue weighted by Gasteiger charge is 2.17. The summed E-state index contributed by atoms with van der Waals surface area (Å²) in [6.07, 6.45) is 0. The molecule has 94 valence electrons. The average Bonchev–Trinajstić information content (AvgIpc) is 2.53. The lowest BCUT2D eigenvalue weighted by Gasteiger charge is -2.26. The normalized spacial score (nSPS) is 21.1. The van der Waals surface area contributed by atoms with Crippen LogP contribution < -0.4 is 15.0 Å². The number of nitrogens with zero attached hydrogens (tertiary/aromatic N) is 1. The van der Waals surface area contributed by atoms with Gasteiger partial charge < -0.3 is 15.0 Å². The summed E-state index contributed by atoms with van der Waals surface area (Å²) in [6, 6.07) is 4.73. The van der Waals surface area contributed by atoms with Crippen LogP contribution in [0, 0.1) is 11.7 Å². The quantitative estimate of drug-likeness (QED) is 0.851. The molecule has 17 heavy (non-hydrogen) atoms. The Labute approximate surface area is 102 Å². The van der Waals surface area contributed by atoms with Gasteiger partial charge in [0.15, 0.2) is 0 Å². The molecule has 0 bridgehead atoms. The van der Waals surface area contributed by atoms with E-state index in [2.05, 4.69) is 17.1 Å². The Morgan fingerprint density at radius 2 is 2.29 bits per heavy atom. The maximum Gasteiger partial charge on any atom is 0.145 e. The second kappa shape index (κ2) is 5.36. The molecule has 0 saturated carbocycles. The van der Waals surface area contributed by atoms with Crippen molar-refractivity contribution in [3.8, 4) is 5.75 Å². The highest BCUT2D eigenvalue weighted by Crippen LogP contribution is 2.29. The number of rotatable bonds is 2. The van der Waals surface area contributed by atoms with Crippen LogP contribution >= 0.6 is 0 Å². The number of hydrogen-bond acceptors (Lipinski definition) is 3. The number of benzene rings is 1. The smallest absolute Gasteiger partial charge is 0.145 e. The molecule has 2 rings (SSSR count). The minimum Gasteiger partial charge on any atom is -0.494 e. The van der Waals surface area contributed by atoms with Crippen LogP contribution in [0.25, 0.3) is 0 Å². The van der Waals surface area contributed by atoms with E-state index in [9.17, 15) is 4.39 Å². The van der Waals surface area contributed by atoms with Gasteiger partial charge >= 0.3 is 0 Å². The minimum absolute atomic E-state index is 0.258. The summed E-state index contributed by atoms with van der Waals surface area (Å²) in [4.78, 5) is 2.25. The minimum atomic E-state index is -0.258. The Kier molecular flexibility index (Phi) is 3.84. The zero-order valence-electron chi connectivity index (χ0n) is 10.4. The molecule has 0 spiro atoms. The van der Waals surface area contributed by atoms with E-state index in [1.807, 2.05) is 0 Å². The van der Waals surface area contributed by atoms with Crippen LogP contribution in [0.2, 0.25) is 0 Å². The van der Waals surface area contributed by atoms with Gasteiger partial charge in [0.2, 0.25) is 0 Å². The first-order valence-electron chi connectivity index (χ1n) is 6.00. The van der Waals surface area contributed by atoms with Gasteiger partial charge in [-0.1, -0.05) is 6.92 Å². The molecule has 1 aromatic carbocycles. The van der Waals surface area contributed by atoms with Crippen LogP contribution in [-0.4, -0.2) is 33.3 Å². The van der Waals surface area contributed by atoms with Crippen LogP contribution in [-0.2, 0) is 0 Å². The Hall–Kier alpha value is -1.29. The van der Waals surface area contributed by atoms with Crippen LogP contribution in [0.5, 0.6) is 5.75 Å². The summed E-state index contributed by atoms with van der Waals surface area (Å²) in [5.74, 6) is 0.929. The predicted octanol–water partition coefficient (Wildman–Crippen LogP) is 1.88. The molecule has 0 aromatic heterocycles.